The molecule has 0 aliphatic rings. The second-order valence-electron chi connectivity index (χ2n) is 4.00. The molecule has 4 heteroatoms. The van der Waals surface area contributed by atoms with Gasteiger partial charge in [-0.1, -0.05) is 20.3 Å². The number of nitrogens with zero attached hydrogens (tertiary/aromatic N) is 2. The first kappa shape index (κ1) is 12.2. The number of aliphatic hydroxyl groups is 1. The number of nitrogens with one attached hydrogen (secondary N) is 1. The molecular weight excluding hydrogens is 190 g/mol. The molecule has 0 bridgehead atoms. The van der Waals surface area contributed by atoms with Crippen LogP contribution in [0.1, 0.15) is 26.0 Å². The number of rotatable bonds is 6. The van der Waals surface area contributed by atoms with Crippen molar-refractivity contribution in [2.24, 2.45) is 13.0 Å². The molecule has 1 rings (SSSR count). The van der Waals surface area contributed by atoms with Crippen molar-refractivity contribution in [1.82, 2.24) is 15.1 Å². The molecule has 0 saturated carbocycles. The summed E-state index contributed by atoms with van der Waals surface area (Å²) in [6.07, 6.45) is 2.86. The van der Waals surface area contributed by atoms with Gasteiger partial charge in [0.15, 0.2) is 0 Å². The predicted molar refractivity (Wildman–Crippen MR) is 60.4 cm³/mol. The van der Waals surface area contributed by atoms with Crippen LogP contribution in [0.3, 0.4) is 0 Å². The fraction of sp³-hybridized carbons (Fsp3) is 0.727. The molecule has 0 spiro atoms. The summed E-state index contributed by atoms with van der Waals surface area (Å²) in [5.41, 5.74) is 1.14. The summed E-state index contributed by atoms with van der Waals surface area (Å²) in [5, 5.41) is 16.7. The average molecular weight is 211 g/mol. The van der Waals surface area contributed by atoms with Crippen molar-refractivity contribution in [1.29, 1.82) is 0 Å². The minimum absolute atomic E-state index is 0.171. The van der Waals surface area contributed by atoms with Crippen molar-refractivity contribution in [3.63, 3.8) is 0 Å². The van der Waals surface area contributed by atoms with E-state index >= 15 is 0 Å². The summed E-state index contributed by atoms with van der Waals surface area (Å²) in [6, 6.07) is 2.16. The van der Waals surface area contributed by atoms with Crippen LogP contribution in [-0.2, 0) is 13.6 Å². The molecule has 0 radical (unpaired) electrons. The topological polar surface area (TPSA) is 50.1 Å². The van der Waals surface area contributed by atoms with E-state index in [0.29, 0.717) is 5.92 Å². The molecule has 0 aliphatic heterocycles. The van der Waals surface area contributed by atoms with Gasteiger partial charge in [0.05, 0.1) is 12.3 Å². The summed E-state index contributed by atoms with van der Waals surface area (Å²) >= 11 is 0. The van der Waals surface area contributed by atoms with Gasteiger partial charge in [0, 0.05) is 25.8 Å². The van der Waals surface area contributed by atoms with Crippen LogP contribution in [-0.4, -0.2) is 27.5 Å². The van der Waals surface area contributed by atoms with E-state index in [1.54, 1.807) is 6.20 Å². The molecule has 2 unspecified atom stereocenters. The Morgan fingerprint density at radius 3 is 2.80 bits per heavy atom. The van der Waals surface area contributed by atoms with Crippen LogP contribution < -0.4 is 5.32 Å². The van der Waals surface area contributed by atoms with Gasteiger partial charge in [-0.05, 0) is 12.0 Å². The Bertz CT molecular complexity index is 285. The van der Waals surface area contributed by atoms with E-state index in [4.69, 9.17) is 0 Å². The predicted octanol–water partition coefficient (Wildman–Crippen LogP) is 0.917. The lowest BCUT2D eigenvalue weighted by Crippen LogP contribution is -2.37. The summed E-state index contributed by atoms with van der Waals surface area (Å²) in [5.74, 6) is 0.489. The Morgan fingerprint density at radius 2 is 2.33 bits per heavy atom. The maximum Gasteiger partial charge on any atom is 0.0587 e. The maximum atomic E-state index is 9.24. The monoisotopic (exact) mass is 211 g/mol. The highest BCUT2D eigenvalue weighted by Gasteiger charge is 2.14. The molecule has 2 N–H and O–H groups in total. The molecule has 1 aromatic rings. The molecule has 0 saturated heterocycles. The molecule has 1 heterocycles. The molecule has 0 amide bonds. The van der Waals surface area contributed by atoms with Gasteiger partial charge in [-0.15, -0.1) is 0 Å². The van der Waals surface area contributed by atoms with E-state index in [1.165, 1.54) is 0 Å². The highest BCUT2D eigenvalue weighted by molar-refractivity contribution is 4.99. The van der Waals surface area contributed by atoms with Crippen LogP contribution in [0.15, 0.2) is 12.3 Å². The van der Waals surface area contributed by atoms with Gasteiger partial charge in [0.1, 0.15) is 0 Å². The third-order valence-corrected chi connectivity index (χ3v) is 3.00. The second-order valence-corrected chi connectivity index (χ2v) is 4.00. The van der Waals surface area contributed by atoms with Gasteiger partial charge < -0.3 is 10.4 Å². The molecule has 0 aromatic carbocycles. The van der Waals surface area contributed by atoms with Crippen LogP contribution in [0.5, 0.6) is 0 Å². The smallest absolute Gasteiger partial charge is 0.0587 e. The van der Waals surface area contributed by atoms with E-state index in [1.807, 2.05) is 17.8 Å². The first-order chi connectivity index (χ1) is 7.19. The number of hydrogen-bond donors (Lipinski definition) is 2. The minimum atomic E-state index is 0.171. The summed E-state index contributed by atoms with van der Waals surface area (Å²) in [6.45, 7) is 5.23. The van der Waals surface area contributed by atoms with Crippen LogP contribution in [0.2, 0.25) is 0 Å². The van der Waals surface area contributed by atoms with Gasteiger partial charge in [0.2, 0.25) is 0 Å². The third-order valence-electron chi connectivity index (χ3n) is 3.00. The molecular formula is C11H21N3O. The molecule has 86 valence electrons. The average Bonchev–Trinajstić information content (AvgIpc) is 2.65. The van der Waals surface area contributed by atoms with Crippen molar-refractivity contribution >= 4 is 0 Å². The third kappa shape index (κ3) is 3.32. The molecule has 4 nitrogen and oxygen atoms in total. The summed E-state index contributed by atoms with van der Waals surface area (Å²) < 4.78 is 1.85. The summed E-state index contributed by atoms with van der Waals surface area (Å²) in [7, 11) is 1.92. The van der Waals surface area contributed by atoms with E-state index in [9.17, 15) is 5.11 Å². The van der Waals surface area contributed by atoms with Gasteiger partial charge in [-0.3, -0.25) is 4.68 Å². The van der Waals surface area contributed by atoms with Crippen molar-refractivity contribution < 1.29 is 5.11 Å². The van der Waals surface area contributed by atoms with Crippen molar-refractivity contribution in [2.45, 2.75) is 32.9 Å². The lowest BCUT2D eigenvalue weighted by molar-refractivity contribution is 0.200. The van der Waals surface area contributed by atoms with Crippen LogP contribution >= 0.6 is 0 Å². The number of aliphatic hydroxyl groups excluding tert-OH is 1. The quantitative estimate of drug-likeness (QED) is 0.735. The second kappa shape index (κ2) is 5.88. The zero-order valence-electron chi connectivity index (χ0n) is 9.77. The van der Waals surface area contributed by atoms with Crippen LogP contribution in [0.4, 0.5) is 0 Å². The molecule has 0 aliphatic carbocycles. The molecule has 0 fully saturated rings. The molecule has 1 aromatic heterocycles. The van der Waals surface area contributed by atoms with Crippen molar-refractivity contribution in [2.75, 3.05) is 6.61 Å². The SMILES string of the molecule is CCC(C)C(CO)NCc1ccnn1C. The highest BCUT2D eigenvalue weighted by Crippen LogP contribution is 2.08. The zero-order valence-corrected chi connectivity index (χ0v) is 9.77. The Hall–Kier alpha value is -0.870. The normalized spacial score (nSPS) is 15.2. The van der Waals surface area contributed by atoms with Crippen molar-refractivity contribution in [3.8, 4) is 0 Å². The van der Waals surface area contributed by atoms with E-state index in [-0.39, 0.29) is 12.6 Å². The van der Waals surface area contributed by atoms with E-state index in [0.717, 1.165) is 18.7 Å². The standard InChI is InChI=1S/C11H21N3O/c1-4-9(2)11(8-15)12-7-10-5-6-13-14(10)3/h5-6,9,11-12,15H,4,7-8H2,1-3H3. The van der Waals surface area contributed by atoms with Crippen LogP contribution in [0, 0.1) is 5.92 Å². The first-order valence-electron chi connectivity index (χ1n) is 5.50. The van der Waals surface area contributed by atoms with Gasteiger partial charge in [-0.2, -0.15) is 5.10 Å². The van der Waals surface area contributed by atoms with Gasteiger partial charge in [0.25, 0.3) is 0 Å². The number of hydrogen-bond acceptors (Lipinski definition) is 3. The lowest BCUT2D eigenvalue weighted by atomic mass is 10.00. The van der Waals surface area contributed by atoms with Gasteiger partial charge >= 0.3 is 0 Å². The Morgan fingerprint density at radius 1 is 1.60 bits per heavy atom. The molecule has 2 atom stereocenters. The minimum Gasteiger partial charge on any atom is -0.395 e. The first-order valence-corrected chi connectivity index (χ1v) is 5.50. The Labute approximate surface area is 91.3 Å². The lowest BCUT2D eigenvalue weighted by Gasteiger charge is -2.22. The zero-order chi connectivity index (χ0) is 11.3. The van der Waals surface area contributed by atoms with E-state index in [2.05, 4.69) is 24.3 Å². The largest absolute Gasteiger partial charge is 0.395 e. The number of aromatic nitrogens is 2. The van der Waals surface area contributed by atoms with Crippen molar-refractivity contribution in [3.05, 3.63) is 18.0 Å². The Balaban J connectivity index is 2.44. The number of aryl methyl sites for hydroxylation is 1. The highest BCUT2D eigenvalue weighted by atomic mass is 16.3. The van der Waals surface area contributed by atoms with E-state index < -0.39 is 0 Å². The maximum absolute atomic E-state index is 9.24. The summed E-state index contributed by atoms with van der Waals surface area (Å²) in [4.78, 5) is 0. The van der Waals surface area contributed by atoms with Gasteiger partial charge in [-0.25, -0.2) is 0 Å². The fourth-order valence-corrected chi connectivity index (χ4v) is 1.54. The Kier molecular flexibility index (Phi) is 4.78. The molecule has 15 heavy (non-hydrogen) atoms. The fourth-order valence-electron chi connectivity index (χ4n) is 1.54. The van der Waals surface area contributed by atoms with Crippen LogP contribution in [0.25, 0.3) is 0 Å².